The Morgan fingerprint density at radius 1 is 0.952 bits per heavy atom. The Labute approximate surface area is 252 Å². The molecule has 1 aliphatic rings. The van der Waals surface area contributed by atoms with Crippen LogP contribution in [0.25, 0.3) is 0 Å². The summed E-state index contributed by atoms with van der Waals surface area (Å²) in [4.78, 5) is 36.9. The maximum Gasteiger partial charge on any atom is 0.361 e. The zero-order valence-electron chi connectivity index (χ0n) is 26.5. The Morgan fingerprint density at radius 2 is 1.55 bits per heavy atom. The van der Waals surface area contributed by atoms with Crippen LogP contribution in [0.4, 0.5) is 9.59 Å². The molecule has 1 aromatic rings. The summed E-state index contributed by atoms with van der Waals surface area (Å²) in [7, 11) is -6.50. The predicted octanol–water partition coefficient (Wildman–Crippen LogP) is 8.62. The van der Waals surface area contributed by atoms with Gasteiger partial charge in [-0.25, -0.2) is 9.59 Å². The van der Waals surface area contributed by atoms with Gasteiger partial charge in [0.2, 0.25) is 0 Å². The molecule has 1 aromatic carbocycles. The smallest absolute Gasteiger partial charge is 0.361 e. The Morgan fingerprint density at radius 3 is 2.10 bits per heavy atom. The van der Waals surface area contributed by atoms with Gasteiger partial charge in [-0.15, -0.1) is 0 Å². The summed E-state index contributed by atoms with van der Waals surface area (Å²) in [5, 5.41) is -1.32. The molecule has 1 aliphatic heterocycles. The molecule has 5 unspecified atom stereocenters. The van der Waals surface area contributed by atoms with Gasteiger partial charge in [-0.1, -0.05) is 40.5 Å². The molecule has 0 amide bonds. The minimum atomic E-state index is -3.25. The van der Waals surface area contributed by atoms with Crippen molar-refractivity contribution in [2.45, 2.75) is 111 Å². The van der Waals surface area contributed by atoms with Crippen LogP contribution >= 0.6 is 15.6 Å². The highest BCUT2D eigenvalue weighted by Gasteiger charge is 2.38. The van der Waals surface area contributed by atoms with E-state index in [0.29, 0.717) is 23.5 Å². The van der Waals surface area contributed by atoms with Gasteiger partial charge in [0.15, 0.2) is 15.6 Å². The fourth-order valence-corrected chi connectivity index (χ4v) is 8.73. The van der Waals surface area contributed by atoms with E-state index in [2.05, 4.69) is 34.6 Å². The summed E-state index contributed by atoms with van der Waals surface area (Å²) in [6.45, 7) is 16.3. The number of carbonyl (C=O) groups is 3. The number of carbonyl (C=O) groups excluding carboxylic acids is 3. The molecule has 1 heterocycles. The monoisotopic (exact) mass is 628 g/mol. The average molecular weight is 629 g/mol. The van der Waals surface area contributed by atoms with Crippen LogP contribution in [0.1, 0.15) is 98.1 Å². The second kappa shape index (κ2) is 16.7. The van der Waals surface area contributed by atoms with E-state index in [-0.39, 0.29) is 31.7 Å². The van der Waals surface area contributed by atoms with Crippen LogP contribution in [0, 0.1) is 24.7 Å². The molecule has 0 radical (unpaired) electrons. The van der Waals surface area contributed by atoms with Gasteiger partial charge in [0.25, 0.3) is 0 Å². The average Bonchev–Trinajstić information content (AvgIpc) is 2.93. The third-order valence-corrected chi connectivity index (χ3v) is 13.0. The first kappa shape index (κ1) is 36.1. The third kappa shape index (κ3) is 9.98. The Hall–Kier alpha value is -2.11. The first-order valence-electron chi connectivity index (χ1n) is 15.2. The molecule has 42 heavy (non-hydrogen) atoms. The van der Waals surface area contributed by atoms with Gasteiger partial charge < -0.3 is 28.1 Å². The van der Waals surface area contributed by atoms with Crippen molar-refractivity contribution in [2.75, 3.05) is 13.2 Å². The first-order chi connectivity index (χ1) is 19.7. The fourth-order valence-electron chi connectivity index (χ4n) is 5.12. The number of ether oxygens (including phenoxy) is 4. The highest BCUT2D eigenvalue weighted by Crippen LogP contribution is 2.49. The largest absolute Gasteiger partial charge is 0.487 e. The van der Waals surface area contributed by atoms with Crippen LogP contribution < -0.4 is 9.47 Å². The fraction of sp³-hybridized carbons (Fsp3) is 0.710. The topological polar surface area (TPSA) is 122 Å². The lowest BCUT2D eigenvalue weighted by Crippen LogP contribution is -2.42. The molecule has 0 saturated heterocycles. The number of benzene rings is 1. The van der Waals surface area contributed by atoms with Crippen molar-refractivity contribution in [3.63, 3.8) is 0 Å². The maximum absolute atomic E-state index is 12.7. The SMILES string of the molecule is CCOC(=O)[PH](=O)C(CCC(=O)Oc1cc(C)c2c(c1)CCC(C)(C(C)CCCC(C)C(C)C)O2)[PH](=O)C(=O)OCC. The van der Waals surface area contributed by atoms with Gasteiger partial charge in [0, 0.05) is 6.42 Å². The number of aryl methyl sites for hydroxylation is 2. The normalized spacial score (nSPS) is 19.9. The Balaban J connectivity index is 2.06. The zero-order chi connectivity index (χ0) is 31.6. The lowest BCUT2D eigenvalue weighted by molar-refractivity contribution is -0.134. The zero-order valence-corrected chi connectivity index (χ0v) is 28.5. The molecule has 238 valence electrons. The summed E-state index contributed by atoms with van der Waals surface area (Å²) in [5.41, 5.74) is -0.479. The van der Waals surface area contributed by atoms with Gasteiger partial charge in [-0.05, 0) is 94.4 Å². The molecule has 0 saturated carbocycles. The molecule has 0 fully saturated rings. The molecule has 9 nitrogen and oxygen atoms in total. The summed E-state index contributed by atoms with van der Waals surface area (Å²) in [6.07, 6.45) is 4.61. The number of hydrogen-bond donors (Lipinski definition) is 0. The number of hydrogen-bond acceptors (Lipinski definition) is 9. The quantitative estimate of drug-likeness (QED) is 0.101. The van der Waals surface area contributed by atoms with Crippen molar-refractivity contribution in [3.8, 4) is 11.5 Å². The summed E-state index contributed by atoms with van der Waals surface area (Å²) in [6, 6.07) is 3.55. The molecule has 0 bridgehead atoms. The lowest BCUT2D eigenvalue weighted by Gasteiger charge is -2.41. The molecule has 0 aromatic heterocycles. The van der Waals surface area contributed by atoms with Gasteiger partial charge in [-0.3, -0.25) is 4.79 Å². The van der Waals surface area contributed by atoms with Crippen LogP contribution in [0.2, 0.25) is 0 Å². The van der Waals surface area contributed by atoms with Crippen molar-refractivity contribution in [1.82, 2.24) is 0 Å². The van der Waals surface area contributed by atoms with E-state index in [1.54, 1.807) is 26.0 Å². The molecular formula is C31H50O9P2. The van der Waals surface area contributed by atoms with E-state index >= 15 is 0 Å². The highest BCUT2D eigenvalue weighted by atomic mass is 31.2. The van der Waals surface area contributed by atoms with Crippen molar-refractivity contribution >= 4 is 33.0 Å². The number of rotatable bonds is 16. The standard InChI is InChI=1S/C31H50O9P2/c1-9-37-29(33)41(35)27(42(36)30(34)38-10-2)15-14-26(32)39-25-18-22(6)28-24(19-25)16-17-31(8,40-28)23(7)13-11-12-21(5)20(3)4/h18-21,23,27,41-42H,9-17H2,1-8H3. The minimum absolute atomic E-state index is 0.0125. The van der Waals surface area contributed by atoms with Crippen LogP contribution in [-0.2, 0) is 29.8 Å². The first-order valence-corrected chi connectivity index (χ1v) is 18.2. The van der Waals surface area contributed by atoms with Crippen LogP contribution in [-0.4, -0.2) is 41.6 Å². The van der Waals surface area contributed by atoms with E-state index in [1.807, 2.05) is 6.92 Å². The van der Waals surface area contributed by atoms with E-state index in [1.165, 1.54) is 12.8 Å². The van der Waals surface area contributed by atoms with E-state index in [4.69, 9.17) is 18.9 Å². The van der Waals surface area contributed by atoms with Crippen molar-refractivity contribution in [3.05, 3.63) is 23.3 Å². The number of esters is 1. The minimum Gasteiger partial charge on any atom is -0.487 e. The highest BCUT2D eigenvalue weighted by molar-refractivity contribution is 7.79. The molecule has 0 spiro atoms. The lowest BCUT2D eigenvalue weighted by atomic mass is 9.79. The molecule has 5 atom stereocenters. The van der Waals surface area contributed by atoms with E-state index in [9.17, 15) is 23.5 Å². The van der Waals surface area contributed by atoms with Crippen molar-refractivity contribution < 1.29 is 42.5 Å². The summed E-state index contributed by atoms with van der Waals surface area (Å²) in [5.74, 6) is 2.31. The van der Waals surface area contributed by atoms with Crippen LogP contribution in [0.5, 0.6) is 11.5 Å². The van der Waals surface area contributed by atoms with Crippen LogP contribution in [0.15, 0.2) is 12.1 Å². The summed E-state index contributed by atoms with van der Waals surface area (Å²) < 4.78 is 47.2. The second-order valence-corrected chi connectivity index (χ2v) is 16.2. The van der Waals surface area contributed by atoms with E-state index < -0.39 is 38.4 Å². The molecule has 2 rings (SSSR count). The third-order valence-electron chi connectivity index (χ3n) is 8.48. The number of fused-ring (bicyclic) bond motifs is 1. The molecular weight excluding hydrogens is 578 g/mol. The Kier molecular flexibility index (Phi) is 14.3. The van der Waals surface area contributed by atoms with Crippen LogP contribution in [0.3, 0.4) is 0 Å². The van der Waals surface area contributed by atoms with Gasteiger partial charge >= 0.3 is 17.4 Å². The van der Waals surface area contributed by atoms with Crippen molar-refractivity contribution in [1.29, 1.82) is 0 Å². The molecule has 11 heteroatoms. The van der Waals surface area contributed by atoms with Gasteiger partial charge in [-0.2, -0.15) is 0 Å². The predicted molar refractivity (Wildman–Crippen MR) is 166 cm³/mol. The Bertz CT molecular complexity index is 1120. The molecule has 0 N–H and O–H groups in total. The second-order valence-electron chi connectivity index (χ2n) is 11.9. The van der Waals surface area contributed by atoms with Crippen molar-refractivity contribution in [2.24, 2.45) is 17.8 Å². The molecule has 0 aliphatic carbocycles. The summed E-state index contributed by atoms with van der Waals surface area (Å²) >= 11 is 0. The van der Waals surface area contributed by atoms with E-state index in [0.717, 1.165) is 36.1 Å². The van der Waals surface area contributed by atoms with Gasteiger partial charge in [0.1, 0.15) is 17.1 Å². The maximum atomic E-state index is 12.7. The van der Waals surface area contributed by atoms with Gasteiger partial charge in [0.05, 0.1) is 18.6 Å².